The molecule has 0 N–H and O–H groups in total. The Hall–Kier alpha value is -12.9. The van der Waals surface area contributed by atoms with Crippen molar-refractivity contribution in [1.29, 1.82) is 0 Å². The van der Waals surface area contributed by atoms with Gasteiger partial charge in [-0.2, -0.15) is 0 Å². The van der Waals surface area contributed by atoms with Gasteiger partial charge in [-0.05, 0) is 168 Å². The van der Waals surface area contributed by atoms with Crippen LogP contribution in [0.1, 0.15) is 130 Å². The third-order valence-corrected chi connectivity index (χ3v) is 24.6. The summed E-state index contributed by atoms with van der Waals surface area (Å²) < 4.78 is 381. The molecule has 7 nitrogen and oxygen atoms in total. The van der Waals surface area contributed by atoms with Gasteiger partial charge < -0.3 is 13.9 Å². The molecule has 0 bridgehead atoms. The molecule has 1 aliphatic rings. The maximum absolute atomic E-state index is 11.2. The molecule has 0 amide bonds. The van der Waals surface area contributed by atoms with E-state index in [-0.39, 0.29) is 33.6 Å². The van der Waals surface area contributed by atoms with Gasteiger partial charge in [-0.15, -0.1) is 0 Å². The van der Waals surface area contributed by atoms with Crippen molar-refractivity contribution in [3.63, 3.8) is 0 Å². The molecule has 530 valence electrons. The summed E-state index contributed by atoms with van der Waals surface area (Å²) in [7, 11) is -6.74. The summed E-state index contributed by atoms with van der Waals surface area (Å²) in [5.74, 6) is 0.956. The largest absolute Gasteiger partial charge is 0.458 e. The van der Waals surface area contributed by atoms with Crippen molar-refractivity contribution in [2.75, 3.05) is 0 Å². The molecule has 14 aromatic carbocycles. The van der Waals surface area contributed by atoms with Crippen LogP contribution >= 0.6 is 0 Å². The zero-order valence-corrected chi connectivity index (χ0v) is 59.8. The zero-order valence-electron chi connectivity index (χ0n) is 96.8. The monoisotopic (exact) mass is 1470 g/mol. The molecule has 1 aliphatic carbocycles. The molecule has 110 heavy (non-hydrogen) atoms. The standard InChI is InChI=1S/C102H82N6OSi/c1-100(2,3)70-57-60-103-97(63-70)108-95-65-72(106-89-45-20-19-41-83(89)86-44-28-50-94(99(86)106)107-90-46-21-17-39-81(90)82-40-18-22-47-91(82)107)52-54-84(95)85-55-53-74(66-96(85)108)109-73-31-26-30-71(64-73)104-67-105(93-49-24-23-48-92(93)104)98-79(42-27-43-80(98)69-51-56-87-88(62-69)102(6,7)59-58-101(87,4)5)68-29-25-38-78(61-68)110(75-32-11-8-12-33-75,76-34-13-9-14-35-76)77-36-15-10-16-37-77/h8-57,60-66H,58-59H2,1-7H3/i4D3,5D3,6D3,7D3,8D,9D,10D,11D,12D,13D,14D,15D,16D,25D,29D,32D,33D,34D,35D,36D,37D,38D,51D,56D,58D2,59D2,61D,62D. The lowest BCUT2D eigenvalue weighted by atomic mass is 9.63. The number of nitrogens with zero attached hydrogens (tertiary/aromatic N) is 6. The highest BCUT2D eigenvalue weighted by molar-refractivity contribution is 7.20. The predicted molar refractivity (Wildman–Crippen MR) is 459 cm³/mol. The van der Waals surface area contributed by atoms with Crippen LogP contribution in [-0.4, -0.2) is 31.3 Å². The van der Waals surface area contributed by atoms with Gasteiger partial charge in [0.05, 0.1) is 91.4 Å². The van der Waals surface area contributed by atoms with E-state index in [0.717, 1.165) is 99.6 Å². The van der Waals surface area contributed by atoms with E-state index in [9.17, 15) is 39.8 Å². The summed E-state index contributed by atoms with van der Waals surface area (Å²) in [4.78, 5) is 5.09. The molecule has 0 saturated heterocycles. The molecule has 0 radical (unpaired) electrons. The second kappa shape index (κ2) is 25.7. The number of hydrogen-bond acceptors (Lipinski definition) is 2. The Morgan fingerprint density at radius 3 is 1.65 bits per heavy atom. The van der Waals surface area contributed by atoms with Crippen LogP contribution in [-0.2, 0) is 16.2 Å². The van der Waals surface area contributed by atoms with E-state index in [0.29, 0.717) is 11.3 Å². The first-order chi connectivity index (χ1) is 69.4. The SMILES string of the molecule is [2H]c1c([2H])c([2H])c([Si](c2c([2H])c([2H])c([2H])c([2H])c2[2H])(c2c([2H])c([2H])c([2H])c([2H])c2[2H])c2c([2H])c([2H])c([2H])c(-c3cccc(-c4c([2H])c([2H])c5c(c4[2H])C(C([2H])([2H])[2H])(C([2H])([2H])[2H])C([2H])([2H])C([2H])([2H])C5(C([2H])([2H])[2H])C([2H])([2H])[2H])c3-[n+]3[c-]n(-c4cccc(Oc5ccc6c7ccc(-n8c9ccccc9c9cccc(-n%10c%11ccccc%11c%11ccccc%11%10)c98)cc7n(-c7cc(C(C)(C)C)ccn7)c6c5)c4)c4ccccc43)c2[2H])c([2H])c1[2H]. The first-order valence-electron chi connectivity index (χ1n) is 54.3. The van der Waals surface area contributed by atoms with Crippen LogP contribution in [0.4, 0.5) is 0 Å². The molecule has 0 saturated carbocycles. The smallest absolute Gasteiger partial charge is 0.269 e. The first-order valence-corrected chi connectivity index (χ1v) is 37.3. The van der Waals surface area contributed by atoms with Gasteiger partial charge in [-0.3, -0.25) is 13.7 Å². The number of ether oxygens (including phenoxy) is 1. The van der Waals surface area contributed by atoms with E-state index in [1.54, 1.807) is 42.6 Å². The fourth-order valence-electron chi connectivity index (χ4n) is 15.6. The summed E-state index contributed by atoms with van der Waals surface area (Å²) in [5.41, 5.74) is -10.0. The number of hydrogen-bond donors (Lipinski definition) is 0. The average molecular weight is 1470 g/mol. The molecule has 0 unspecified atom stereocenters. The van der Waals surface area contributed by atoms with Gasteiger partial charge >= 0.3 is 0 Å². The Morgan fingerprint density at radius 2 is 0.991 bits per heavy atom. The van der Waals surface area contributed by atoms with Crippen molar-refractivity contribution < 1.29 is 61.4 Å². The number of pyridine rings is 1. The molecule has 19 aromatic rings. The minimum absolute atomic E-state index is 0.0818. The molecule has 0 atom stereocenters. The van der Waals surface area contributed by atoms with E-state index in [1.165, 1.54) is 22.8 Å². The van der Waals surface area contributed by atoms with Gasteiger partial charge in [-0.25, -0.2) is 4.98 Å². The third kappa shape index (κ3) is 10.7. The summed E-state index contributed by atoms with van der Waals surface area (Å²) in [5, 5.41) is 0.783. The van der Waals surface area contributed by atoms with Crippen LogP contribution in [0, 0.1) is 6.33 Å². The number of fused-ring (bicyclic) bond motifs is 11. The lowest BCUT2D eigenvalue weighted by Crippen LogP contribution is -2.74. The fourth-order valence-corrected chi connectivity index (χ4v) is 19.2. The van der Waals surface area contributed by atoms with Gasteiger partial charge in [0, 0.05) is 72.2 Å². The van der Waals surface area contributed by atoms with Crippen LogP contribution in [0.2, 0.25) is 0 Å². The van der Waals surface area contributed by atoms with Crippen molar-refractivity contribution in [3.8, 4) is 62.3 Å². The van der Waals surface area contributed by atoms with E-state index in [4.69, 9.17) is 22.1 Å². The number of aromatic nitrogens is 6. The average Bonchev–Trinajstić information content (AvgIpc) is 0.836. The highest BCUT2D eigenvalue weighted by Crippen LogP contribution is 2.49. The third-order valence-electron chi connectivity index (χ3n) is 20.6. The summed E-state index contributed by atoms with van der Waals surface area (Å²) in [6.07, 6.45) is -4.67. The summed E-state index contributed by atoms with van der Waals surface area (Å²) >= 11 is 0. The number of benzene rings is 14. The van der Waals surface area contributed by atoms with Crippen molar-refractivity contribution in [1.82, 2.24) is 23.3 Å². The minimum Gasteiger partial charge on any atom is -0.458 e. The van der Waals surface area contributed by atoms with Crippen LogP contribution in [0.25, 0.3) is 127 Å². The van der Waals surface area contributed by atoms with Gasteiger partial charge in [0.1, 0.15) is 17.3 Å². The van der Waals surface area contributed by atoms with Crippen molar-refractivity contribution >= 4 is 105 Å². The Bertz CT molecular complexity index is 8670. The van der Waals surface area contributed by atoms with Crippen molar-refractivity contribution in [2.24, 2.45) is 0 Å². The Morgan fingerprint density at radius 1 is 0.445 bits per heavy atom. The van der Waals surface area contributed by atoms with E-state index in [2.05, 4.69) is 114 Å². The normalized spacial score (nSPS) is 20.0. The minimum atomic E-state index is -6.74. The molecule has 0 fully saturated rings. The molecule has 5 aromatic heterocycles. The lowest BCUT2D eigenvalue weighted by Gasteiger charge is -2.42. The van der Waals surface area contributed by atoms with E-state index < -0.39 is 252 Å². The second-order valence-electron chi connectivity index (χ2n) is 28.1. The summed E-state index contributed by atoms with van der Waals surface area (Å²) in [6, 6.07) is 32.4. The van der Waals surface area contributed by atoms with Crippen LogP contribution in [0.15, 0.2) is 345 Å². The van der Waals surface area contributed by atoms with Crippen LogP contribution in [0.3, 0.4) is 0 Å². The molecule has 0 aliphatic heterocycles. The fraction of sp³-hybridized carbons (Fsp3) is 0.118. The number of imidazole rings is 1. The second-order valence-corrected chi connectivity index (χ2v) is 31.6. The predicted octanol–water partition coefficient (Wildman–Crippen LogP) is 22.5. The highest BCUT2D eigenvalue weighted by Gasteiger charge is 2.42. The maximum Gasteiger partial charge on any atom is 0.269 e. The van der Waals surface area contributed by atoms with Crippen molar-refractivity contribution in [2.45, 2.75) is 77.2 Å². The van der Waals surface area contributed by atoms with Gasteiger partial charge in [-0.1, -0.05) is 302 Å². The maximum atomic E-state index is 11.2. The van der Waals surface area contributed by atoms with Crippen LogP contribution < -0.4 is 30.1 Å². The molecule has 5 heterocycles. The highest BCUT2D eigenvalue weighted by atomic mass is 28.3. The van der Waals surface area contributed by atoms with E-state index >= 15 is 0 Å². The Kier molecular flexibility index (Phi) is 8.81. The number of rotatable bonds is 13. The first kappa shape index (κ1) is 37.8. The Labute approximate surface area is 695 Å². The van der Waals surface area contributed by atoms with Crippen LogP contribution in [0.5, 0.6) is 11.5 Å². The topological polar surface area (TPSA) is 45.7 Å². The Balaban J connectivity index is 0.861. The van der Waals surface area contributed by atoms with Gasteiger partial charge in [0.2, 0.25) is 0 Å². The number of para-hydroxylation sites is 7. The van der Waals surface area contributed by atoms with Gasteiger partial charge in [0.15, 0.2) is 8.07 Å². The summed E-state index contributed by atoms with van der Waals surface area (Å²) in [6.45, 7) is -12.0. The van der Waals surface area contributed by atoms with E-state index in [1.807, 2.05) is 60.7 Å². The molecule has 20 rings (SSSR count). The molecular formula is C102H82N6OSi. The quantitative estimate of drug-likeness (QED) is 0.0500. The lowest BCUT2D eigenvalue weighted by molar-refractivity contribution is -0.571. The zero-order chi connectivity index (χ0) is 107. The van der Waals surface area contributed by atoms with Crippen molar-refractivity contribution in [3.05, 3.63) is 368 Å². The van der Waals surface area contributed by atoms with Gasteiger partial charge in [0.25, 0.3) is 6.33 Å². The molecular weight excluding hydrogens is 1350 g/mol. The molecule has 8 heteroatoms. The molecule has 0 spiro atoms.